The maximum atomic E-state index is 14.6. The zero-order chi connectivity index (χ0) is 23.3. The molecule has 1 aliphatic heterocycles. The molecule has 0 radical (unpaired) electrons. The largest absolute Gasteiger partial charge is 0.352 e. The third kappa shape index (κ3) is 3.76. The van der Waals surface area contributed by atoms with E-state index >= 15 is 0 Å². The van der Waals surface area contributed by atoms with Gasteiger partial charge in [0.1, 0.15) is 11.0 Å². The van der Waals surface area contributed by atoms with Crippen LogP contribution in [0.15, 0.2) is 30.9 Å². The molecule has 0 saturated carbocycles. The molecule has 1 fully saturated rings. The second-order valence-electron chi connectivity index (χ2n) is 8.63. The highest BCUT2D eigenvalue weighted by atomic mass is 19.1. The number of imidazole rings is 1. The van der Waals surface area contributed by atoms with Crippen LogP contribution in [0, 0.1) is 19.7 Å². The summed E-state index contributed by atoms with van der Waals surface area (Å²) in [7, 11) is 0. The molecule has 0 unspecified atom stereocenters. The first-order valence-corrected chi connectivity index (χ1v) is 10.9. The van der Waals surface area contributed by atoms with Crippen LogP contribution in [0.2, 0.25) is 0 Å². The molecule has 5 heterocycles. The Hall–Kier alpha value is -3.66. The van der Waals surface area contributed by atoms with Crippen LogP contribution in [0.4, 0.5) is 15.9 Å². The van der Waals surface area contributed by atoms with Crippen LogP contribution in [0.1, 0.15) is 35.6 Å². The van der Waals surface area contributed by atoms with Crippen LogP contribution in [-0.4, -0.2) is 55.4 Å². The number of rotatable bonds is 3. The molecule has 170 valence electrons. The summed E-state index contributed by atoms with van der Waals surface area (Å²) in [5, 5.41) is 6.27. The molecule has 9 nitrogen and oxygen atoms in total. The summed E-state index contributed by atoms with van der Waals surface area (Å²) in [5.41, 5.74) is 3.37. The number of carbonyl (C=O) groups is 1. The summed E-state index contributed by atoms with van der Waals surface area (Å²) in [6, 6.07) is 1.86. The Kier molecular flexibility index (Phi) is 5.16. The standard InChI is InChI=1S/C23H25FN8O/c1-12-9-31(10-13(2)28-12)22-20-19(25-5-6-26-20)17(8-27-22)23(33)30-16-7-18(24)21-29-14(3)15(4)32(21)11-16/h5-8,11-13,28H,9-10H2,1-4H3,(H,30,33)/t12-,13-/m1/s1. The van der Waals surface area contributed by atoms with E-state index in [0.29, 0.717) is 34.6 Å². The van der Waals surface area contributed by atoms with E-state index in [1.807, 2.05) is 13.8 Å². The van der Waals surface area contributed by atoms with Crippen molar-refractivity contribution in [3.05, 3.63) is 53.6 Å². The van der Waals surface area contributed by atoms with E-state index in [1.54, 1.807) is 23.0 Å². The van der Waals surface area contributed by atoms with Crippen molar-refractivity contribution in [3.8, 4) is 0 Å². The molecule has 10 heteroatoms. The quantitative estimate of drug-likeness (QED) is 0.497. The molecule has 4 aromatic rings. The minimum absolute atomic E-state index is 0.227. The molecule has 0 aliphatic carbocycles. The average molecular weight is 449 g/mol. The van der Waals surface area contributed by atoms with Gasteiger partial charge >= 0.3 is 0 Å². The molecule has 0 spiro atoms. The number of carbonyl (C=O) groups excluding carboxylic acids is 1. The van der Waals surface area contributed by atoms with Gasteiger partial charge in [-0.25, -0.2) is 19.3 Å². The highest BCUT2D eigenvalue weighted by molar-refractivity contribution is 6.12. The lowest BCUT2D eigenvalue weighted by Crippen LogP contribution is -2.54. The van der Waals surface area contributed by atoms with Gasteiger partial charge in [-0.3, -0.25) is 14.2 Å². The van der Waals surface area contributed by atoms with Crippen molar-refractivity contribution >= 4 is 34.1 Å². The van der Waals surface area contributed by atoms with Gasteiger partial charge in [-0.15, -0.1) is 0 Å². The molecule has 2 N–H and O–H groups in total. The Morgan fingerprint density at radius 2 is 1.82 bits per heavy atom. The van der Waals surface area contributed by atoms with Crippen LogP contribution in [0.5, 0.6) is 0 Å². The molecular weight excluding hydrogens is 423 g/mol. The van der Waals surface area contributed by atoms with E-state index in [-0.39, 0.29) is 11.2 Å². The third-order valence-electron chi connectivity index (χ3n) is 5.99. The predicted molar refractivity (Wildman–Crippen MR) is 124 cm³/mol. The second kappa shape index (κ2) is 8.04. The molecule has 1 saturated heterocycles. The summed E-state index contributed by atoms with van der Waals surface area (Å²) < 4.78 is 16.2. The second-order valence-corrected chi connectivity index (χ2v) is 8.63. The van der Waals surface area contributed by atoms with Gasteiger partial charge in [0.05, 0.1) is 16.9 Å². The zero-order valence-corrected chi connectivity index (χ0v) is 18.9. The van der Waals surface area contributed by atoms with Crippen molar-refractivity contribution in [1.82, 2.24) is 29.7 Å². The summed E-state index contributed by atoms with van der Waals surface area (Å²) >= 11 is 0. The number of fused-ring (bicyclic) bond motifs is 2. The number of aryl methyl sites for hydroxylation is 2. The molecule has 0 aromatic carbocycles. The fourth-order valence-electron chi connectivity index (χ4n) is 4.44. The van der Waals surface area contributed by atoms with Crippen molar-refractivity contribution in [3.63, 3.8) is 0 Å². The predicted octanol–water partition coefficient (Wildman–Crippen LogP) is 2.87. The van der Waals surface area contributed by atoms with Crippen LogP contribution >= 0.6 is 0 Å². The average Bonchev–Trinajstić information content (AvgIpc) is 3.06. The van der Waals surface area contributed by atoms with E-state index in [2.05, 4.69) is 49.3 Å². The molecule has 1 amide bonds. The van der Waals surface area contributed by atoms with Crippen LogP contribution in [0.25, 0.3) is 16.7 Å². The first-order valence-electron chi connectivity index (χ1n) is 10.9. The Morgan fingerprint density at radius 3 is 2.55 bits per heavy atom. The minimum Gasteiger partial charge on any atom is -0.352 e. The summed E-state index contributed by atoms with van der Waals surface area (Å²) in [6.45, 7) is 9.46. The van der Waals surface area contributed by atoms with Gasteiger partial charge in [0.2, 0.25) is 0 Å². The zero-order valence-electron chi connectivity index (χ0n) is 18.9. The van der Waals surface area contributed by atoms with E-state index in [0.717, 1.165) is 24.5 Å². The lowest BCUT2D eigenvalue weighted by Gasteiger charge is -2.37. The number of anilines is 2. The number of nitrogens with zero attached hydrogens (tertiary/aromatic N) is 6. The highest BCUT2D eigenvalue weighted by Crippen LogP contribution is 2.26. The summed E-state index contributed by atoms with van der Waals surface area (Å²) in [5.74, 6) is -0.245. The maximum absolute atomic E-state index is 14.6. The van der Waals surface area contributed by atoms with Crippen LogP contribution < -0.4 is 15.5 Å². The van der Waals surface area contributed by atoms with Crippen molar-refractivity contribution in [1.29, 1.82) is 0 Å². The van der Waals surface area contributed by atoms with Gasteiger partial charge in [-0.1, -0.05) is 0 Å². The van der Waals surface area contributed by atoms with Crippen molar-refractivity contribution < 1.29 is 9.18 Å². The van der Waals surface area contributed by atoms with Gasteiger partial charge in [0, 0.05) is 61.7 Å². The van der Waals surface area contributed by atoms with Gasteiger partial charge in [-0.05, 0) is 27.7 Å². The third-order valence-corrected chi connectivity index (χ3v) is 5.99. The topological polar surface area (TPSA) is 100 Å². The Morgan fingerprint density at radius 1 is 1.12 bits per heavy atom. The highest BCUT2D eigenvalue weighted by Gasteiger charge is 2.26. The van der Waals surface area contributed by atoms with Gasteiger partial charge in [0.15, 0.2) is 17.3 Å². The fourth-order valence-corrected chi connectivity index (χ4v) is 4.44. The number of pyridine rings is 2. The van der Waals surface area contributed by atoms with Crippen LogP contribution in [-0.2, 0) is 0 Å². The monoisotopic (exact) mass is 448 g/mol. The Balaban J connectivity index is 1.51. The number of aromatic nitrogens is 5. The van der Waals surface area contributed by atoms with E-state index in [9.17, 15) is 9.18 Å². The van der Waals surface area contributed by atoms with Gasteiger partial charge in [-0.2, -0.15) is 0 Å². The minimum atomic E-state index is -0.510. The number of piperazine rings is 1. The summed E-state index contributed by atoms with van der Waals surface area (Å²) in [4.78, 5) is 33.1. The van der Waals surface area contributed by atoms with E-state index < -0.39 is 11.7 Å². The number of hydrogen-bond acceptors (Lipinski definition) is 7. The van der Waals surface area contributed by atoms with Crippen molar-refractivity contribution in [2.45, 2.75) is 39.8 Å². The number of amides is 1. The van der Waals surface area contributed by atoms with Crippen molar-refractivity contribution in [2.24, 2.45) is 0 Å². The molecule has 2 atom stereocenters. The Bertz CT molecular complexity index is 1370. The molecule has 33 heavy (non-hydrogen) atoms. The number of nitrogens with one attached hydrogen (secondary N) is 2. The smallest absolute Gasteiger partial charge is 0.259 e. The van der Waals surface area contributed by atoms with Gasteiger partial charge < -0.3 is 15.5 Å². The van der Waals surface area contributed by atoms with Crippen molar-refractivity contribution in [2.75, 3.05) is 23.3 Å². The van der Waals surface area contributed by atoms with E-state index in [1.165, 1.54) is 12.3 Å². The molecule has 5 rings (SSSR count). The molecule has 1 aliphatic rings. The fraction of sp³-hybridized carbons (Fsp3) is 0.348. The number of halogens is 1. The van der Waals surface area contributed by atoms with Crippen LogP contribution in [0.3, 0.4) is 0 Å². The SMILES string of the molecule is Cc1nc2c(F)cc(NC(=O)c3cnc(N4C[C@@H](C)N[C@H](C)C4)c4nccnc34)cn2c1C. The van der Waals surface area contributed by atoms with Gasteiger partial charge in [0.25, 0.3) is 5.91 Å². The number of hydrogen-bond donors (Lipinski definition) is 2. The lowest BCUT2D eigenvalue weighted by atomic mass is 10.1. The first-order chi connectivity index (χ1) is 15.8. The first kappa shape index (κ1) is 21.2. The normalized spacial score (nSPS) is 18.8. The summed E-state index contributed by atoms with van der Waals surface area (Å²) in [6.07, 6.45) is 6.32. The molecular formula is C23H25FN8O. The maximum Gasteiger partial charge on any atom is 0.259 e. The Labute approximate surface area is 190 Å². The molecule has 4 aromatic heterocycles. The lowest BCUT2D eigenvalue weighted by molar-refractivity contribution is 0.102. The molecule has 0 bridgehead atoms. The van der Waals surface area contributed by atoms with E-state index in [4.69, 9.17) is 0 Å².